The van der Waals surface area contributed by atoms with Crippen LogP contribution in [0.1, 0.15) is 28.6 Å². The van der Waals surface area contributed by atoms with E-state index in [1.807, 2.05) is 0 Å². The first-order valence-electron chi connectivity index (χ1n) is 7.13. The van der Waals surface area contributed by atoms with Crippen LogP contribution in [0.2, 0.25) is 0 Å². The average molecular weight is 505 g/mol. The van der Waals surface area contributed by atoms with Gasteiger partial charge in [-0.15, -0.1) is 0 Å². The minimum atomic E-state index is -0.558. The molecule has 0 spiro atoms. The summed E-state index contributed by atoms with van der Waals surface area (Å²) in [6.07, 6.45) is 9.60. The maximum atomic E-state index is 3.70. The quantitative estimate of drug-likeness (QED) is 0.539. The van der Waals surface area contributed by atoms with Gasteiger partial charge in [-0.3, -0.25) is 0 Å². The van der Waals surface area contributed by atoms with E-state index < -0.39 is 23.2 Å². The summed E-state index contributed by atoms with van der Waals surface area (Å²) in [6.45, 7) is 4.51. The molecule has 3 aliphatic rings. The number of allylic oxidation sites excluding steroid dienone is 5. The van der Waals surface area contributed by atoms with Crippen LogP contribution in [0.15, 0.2) is 62.5 Å². The van der Waals surface area contributed by atoms with Gasteiger partial charge in [-0.1, -0.05) is 0 Å². The van der Waals surface area contributed by atoms with Gasteiger partial charge in [0.15, 0.2) is 0 Å². The molecule has 2 aliphatic carbocycles. The van der Waals surface area contributed by atoms with Crippen molar-refractivity contribution < 1.29 is 48.0 Å². The Balaban J connectivity index is 0.000000960. The molecule has 2 unspecified atom stereocenters. The van der Waals surface area contributed by atoms with Crippen molar-refractivity contribution in [3.63, 3.8) is 0 Å². The molecule has 2 atom stereocenters. The zero-order valence-electron chi connectivity index (χ0n) is 12.7. The molecule has 5 heteroatoms. The second-order valence-corrected chi connectivity index (χ2v) is 12.6. The molecule has 0 N–H and O–H groups in total. The molecule has 118 valence electrons. The Morgan fingerprint density at radius 3 is 2.61 bits per heavy atom. The van der Waals surface area contributed by atoms with E-state index in [4.69, 9.17) is 0 Å². The van der Waals surface area contributed by atoms with Crippen molar-refractivity contribution in [1.82, 2.24) is 0 Å². The van der Waals surface area contributed by atoms with Gasteiger partial charge in [0, 0.05) is 0 Å². The predicted molar refractivity (Wildman–Crippen MR) is 91.8 cm³/mol. The molecule has 0 bridgehead atoms. The molecule has 0 fully saturated rings. The van der Waals surface area contributed by atoms with E-state index in [1.165, 1.54) is 26.1 Å². The minimum absolute atomic E-state index is 0. The van der Waals surface area contributed by atoms with E-state index in [0.717, 1.165) is 6.58 Å². The van der Waals surface area contributed by atoms with Crippen LogP contribution in [-0.2, 0) is 23.2 Å². The van der Waals surface area contributed by atoms with Crippen molar-refractivity contribution in [1.29, 1.82) is 0 Å². The van der Waals surface area contributed by atoms with Crippen LogP contribution in [0.25, 0.3) is 6.08 Å². The first-order chi connectivity index (χ1) is 10.1. The van der Waals surface area contributed by atoms with Gasteiger partial charge < -0.3 is 24.8 Å². The third-order valence-corrected chi connectivity index (χ3v) is 11.5. The summed E-state index contributed by atoms with van der Waals surface area (Å²) in [5.41, 5.74) is 7.44. The third-order valence-electron chi connectivity index (χ3n) is 4.17. The van der Waals surface area contributed by atoms with Crippen LogP contribution in [0.5, 0.6) is 0 Å². The third kappa shape index (κ3) is 3.70. The Hall–Kier alpha value is 0.473. The van der Waals surface area contributed by atoms with Crippen LogP contribution in [0, 0.1) is 0 Å². The Labute approximate surface area is 174 Å². The van der Waals surface area contributed by atoms with E-state index in [1.54, 1.807) is 11.1 Å². The van der Waals surface area contributed by atoms with Crippen molar-refractivity contribution in [2.24, 2.45) is 0 Å². The van der Waals surface area contributed by atoms with Gasteiger partial charge in [-0.2, -0.15) is 0 Å². The standard InChI is InChI=1S/C10H8Br.C8H7S.2ClH.Zr/c1-7-5-8-3-2-4-10(11)9(8)6-7;1-6-4-7-2-3-9-8(7)5-6;;;/h2-6H,1H3;2-5H,1H3;2*1H;/q;;;;+2/p-2. The second-order valence-electron chi connectivity index (χ2n) is 5.79. The molecule has 23 heavy (non-hydrogen) atoms. The van der Waals surface area contributed by atoms with Crippen LogP contribution >= 0.6 is 27.7 Å². The van der Waals surface area contributed by atoms with E-state index in [2.05, 4.69) is 84.0 Å². The minimum Gasteiger partial charge on any atom is -1.00 e. The van der Waals surface area contributed by atoms with E-state index in [9.17, 15) is 0 Å². The number of hydrogen-bond acceptors (Lipinski definition) is 1. The zero-order valence-corrected chi connectivity index (χ0v) is 19.1. The number of benzene rings is 1. The zero-order chi connectivity index (χ0) is 14.6. The summed E-state index contributed by atoms with van der Waals surface area (Å²) < 4.78 is 2.76. The van der Waals surface area contributed by atoms with Crippen molar-refractivity contribution in [2.45, 2.75) is 20.4 Å². The summed E-state index contributed by atoms with van der Waals surface area (Å²) in [5, 5.41) is 0. The van der Waals surface area contributed by atoms with Gasteiger partial charge in [0.05, 0.1) is 0 Å². The van der Waals surface area contributed by atoms with Crippen molar-refractivity contribution in [2.75, 3.05) is 0 Å². The fraction of sp³-hybridized carbons (Fsp3) is 0.222. The SMILES string of the molecule is CC1=CC2=C[CH]([Zr+2][CH]3C(C)=Cc4c(Br)cccc43)SC2=C1.[Cl-].[Cl-]. The van der Waals surface area contributed by atoms with Gasteiger partial charge in [0.1, 0.15) is 0 Å². The molecule has 1 aliphatic heterocycles. The molecule has 1 aromatic rings. The normalized spacial score (nSPS) is 23.4. The first kappa shape index (κ1) is 19.8. The largest absolute Gasteiger partial charge is 1.00 e. The number of halogens is 3. The molecule has 0 saturated heterocycles. The molecule has 1 aromatic carbocycles. The van der Waals surface area contributed by atoms with Gasteiger partial charge in [0.2, 0.25) is 0 Å². The maximum Gasteiger partial charge on any atom is -1.00 e. The summed E-state index contributed by atoms with van der Waals surface area (Å²) in [5.74, 6) is 0. The second kappa shape index (κ2) is 7.79. The van der Waals surface area contributed by atoms with E-state index >= 15 is 0 Å². The van der Waals surface area contributed by atoms with Gasteiger partial charge in [0.25, 0.3) is 0 Å². The van der Waals surface area contributed by atoms with Crippen molar-refractivity contribution in [3.8, 4) is 0 Å². The van der Waals surface area contributed by atoms with Gasteiger partial charge >= 0.3 is 151 Å². The van der Waals surface area contributed by atoms with Crippen LogP contribution < -0.4 is 24.8 Å². The van der Waals surface area contributed by atoms with Gasteiger partial charge in [-0.05, 0) is 0 Å². The Bertz CT molecular complexity index is 764. The van der Waals surface area contributed by atoms with Crippen LogP contribution in [0.4, 0.5) is 0 Å². The molecule has 0 aromatic heterocycles. The van der Waals surface area contributed by atoms with Crippen molar-refractivity contribution in [3.05, 3.63) is 73.7 Å². The van der Waals surface area contributed by atoms with E-state index in [0.29, 0.717) is 0 Å². The van der Waals surface area contributed by atoms with Crippen molar-refractivity contribution >= 4 is 33.8 Å². The number of fused-ring (bicyclic) bond motifs is 2. The smallest absolute Gasteiger partial charge is 1.00 e. The van der Waals surface area contributed by atoms with Crippen LogP contribution in [0.3, 0.4) is 0 Å². The topological polar surface area (TPSA) is 0 Å². The average Bonchev–Trinajstić information content (AvgIpc) is 3.04. The summed E-state index contributed by atoms with van der Waals surface area (Å²) in [7, 11) is 0. The fourth-order valence-electron chi connectivity index (χ4n) is 3.20. The Morgan fingerprint density at radius 1 is 1.09 bits per heavy atom. The maximum absolute atomic E-state index is 3.70. The molecule has 0 saturated carbocycles. The Kier molecular flexibility index (Phi) is 6.70. The molecule has 4 rings (SSSR count). The molecular formula is C18H15BrCl2SZr. The molecule has 0 radical (unpaired) electrons. The first-order valence-corrected chi connectivity index (χ1v) is 11.6. The van der Waals surface area contributed by atoms with Crippen LogP contribution in [-0.4, -0.2) is 2.96 Å². The number of hydrogen-bond donors (Lipinski definition) is 0. The number of thioether (sulfide) groups is 1. The predicted octanol–water partition coefficient (Wildman–Crippen LogP) is -0.159. The van der Waals surface area contributed by atoms with E-state index in [-0.39, 0.29) is 24.8 Å². The summed E-state index contributed by atoms with van der Waals surface area (Å²) in [6, 6.07) is 6.67. The number of rotatable bonds is 2. The Morgan fingerprint density at radius 2 is 1.87 bits per heavy atom. The van der Waals surface area contributed by atoms with Gasteiger partial charge in [-0.25, -0.2) is 0 Å². The summed E-state index contributed by atoms with van der Waals surface area (Å²) in [4.78, 5) is 1.51. The fourth-order valence-corrected chi connectivity index (χ4v) is 10.4. The molecular weight excluding hydrogens is 490 g/mol. The molecule has 0 amide bonds. The molecule has 1 heterocycles. The molecule has 0 nitrogen and oxygen atoms in total. The summed E-state index contributed by atoms with van der Waals surface area (Å²) >= 11 is 5.25. The monoisotopic (exact) mass is 502 g/mol.